The zero-order chi connectivity index (χ0) is 18.1. The fraction of sp³-hybridized carbons (Fsp3) is 0.500. The van der Waals surface area contributed by atoms with E-state index in [0.29, 0.717) is 12.8 Å². The molecule has 1 aliphatic heterocycles. The average molecular weight is 369 g/mol. The van der Waals surface area contributed by atoms with Crippen LogP contribution in [0.2, 0.25) is 0 Å². The van der Waals surface area contributed by atoms with E-state index in [4.69, 9.17) is 0 Å². The van der Waals surface area contributed by atoms with E-state index in [9.17, 15) is 22.4 Å². The molecule has 1 saturated heterocycles. The second kappa shape index (κ2) is 6.72. The fourth-order valence-electron chi connectivity index (χ4n) is 3.36. The van der Waals surface area contributed by atoms with E-state index in [1.54, 1.807) is 0 Å². The summed E-state index contributed by atoms with van der Waals surface area (Å²) in [6, 6.07) is 4.30. The van der Waals surface area contributed by atoms with Gasteiger partial charge in [-0.1, -0.05) is 18.9 Å². The molecule has 3 rings (SSSR count). The van der Waals surface area contributed by atoms with Gasteiger partial charge in [0.05, 0.1) is 4.90 Å². The molecule has 2 aliphatic rings. The monoisotopic (exact) mass is 369 g/mol. The molecule has 7 nitrogen and oxygen atoms in total. The number of nitrogens with one attached hydrogen (secondary N) is 2. The largest absolute Gasteiger partial charge is 0.325 e. The summed E-state index contributed by atoms with van der Waals surface area (Å²) in [5.74, 6) is -0.855. The van der Waals surface area contributed by atoms with Crippen LogP contribution in [0, 0.1) is 5.82 Å². The zero-order valence-corrected chi connectivity index (χ0v) is 14.4. The third kappa shape index (κ3) is 3.52. The van der Waals surface area contributed by atoms with Gasteiger partial charge in [-0.25, -0.2) is 22.3 Å². The van der Waals surface area contributed by atoms with Gasteiger partial charge in [0, 0.05) is 13.1 Å². The maximum absolute atomic E-state index is 13.1. The number of hydrogen-bond acceptors (Lipinski definition) is 4. The smallest absolute Gasteiger partial charge is 0.323 e. The molecule has 1 aromatic rings. The van der Waals surface area contributed by atoms with E-state index in [1.807, 2.05) is 0 Å². The van der Waals surface area contributed by atoms with Crippen LogP contribution in [-0.2, 0) is 14.8 Å². The van der Waals surface area contributed by atoms with E-state index in [1.165, 1.54) is 12.1 Å². The molecule has 0 unspecified atom stereocenters. The first-order chi connectivity index (χ1) is 11.8. The van der Waals surface area contributed by atoms with Crippen LogP contribution >= 0.6 is 0 Å². The number of nitrogens with zero attached hydrogens (tertiary/aromatic N) is 1. The van der Waals surface area contributed by atoms with Crippen molar-refractivity contribution < 1.29 is 22.4 Å². The van der Waals surface area contributed by atoms with Crippen LogP contribution in [-0.4, -0.2) is 43.9 Å². The zero-order valence-electron chi connectivity index (χ0n) is 13.6. The summed E-state index contributed by atoms with van der Waals surface area (Å²) in [6.07, 6.45) is 3.41. The maximum Gasteiger partial charge on any atom is 0.325 e. The van der Waals surface area contributed by atoms with E-state index >= 15 is 0 Å². The van der Waals surface area contributed by atoms with Gasteiger partial charge >= 0.3 is 6.03 Å². The number of carbonyl (C=O) groups is 2. The molecular weight excluding hydrogens is 349 g/mol. The number of urea groups is 1. The Bertz CT molecular complexity index is 790. The van der Waals surface area contributed by atoms with Crippen LogP contribution in [0.5, 0.6) is 0 Å². The lowest BCUT2D eigenvalue weighted by Gasteiger charge is -2.20. The molecule has 136 valence electrons. The first-order valence-corrected chi connectivity index (χ1v) is 9.72. The van der Waals surface area contributed by atoms with Crippen LogP contribution in [0.25, 0.3) is 0 Å². The molecule has 0 aromatic heterocycles. The fourth-order valence-corrected chi connectivity index (χ4v) is 4.46. The maximum atomic E-state index is 13.1. The van der Waals surface area contributed by atoms with Crippen molar-refractivity contribution in [2.75, 3.05) is 13.1 Å². The standard InChI is InChI=1S/C16H20FN3O4S/c17-12-5-3-6-13(11-12)25(23,24)18-9-4-10-20-14(21)16(19-15(20)22)7-1-2-8-16/h3,5-6,11,18H,1-2,4,7-10H2,(H,19,22). The predicted octanol–water partition coefficient (Wildman–Crippen LogP) is 1.36. The lowest BCUT2D eigenvalue weighted by molar-refractivity contribution is -0.131. The topological polar surface area (TPSA) is 95.6 Å². The quantitative estimate of drug-likeness (QED) is 0.585. The van der Waals surface area contributed by atoms with Crippen LogP contribution in [0.3, 0.4) is 0 Å². The number of rotatable bonds is 6. The highest BCUT2D eigenvalue weighted by Gasteiger charge is 2.51. The van der Waals surface area contributed by atoms with Gasteiger partial charge in [-0.15, -0.1) is 0 Å². The Labute approximate surface area is 145 Å². The number of halogens is 1. The summed E-state index contributed by atoms with van der Waals surface area (Å²) in [6.45, 7) is 0.182. The summed E-state index contributed by atoms with van der Waals surface area (Å²) in [7, 11) is -3.82. The Morgan fingerprint density at radius 3 is 2.64 bits per heavy atom. The van der Waals surface area contributed by atoms with Gasteiger partial charge < -0.3 is 5.32 Å². The van der Waals surface area contributed by atoms with Gasteiger partial charge in [-0.2, -0.15) is 0 Å². The van der Waals surface area contributed by atoms with Crippen molar-refractivity contribution in [1.82, 2.24) is 14.9 Å². The molecule has 0 bridgehead atoms. The molecule has 2 fully saturated rings. The molecule has 1 spiro atoms. The van der Waals surface area contributed by atoms with Crippen molar-refractivity contribution in [3.8, 4) is 0 Å². The third-order valence-corrected chi connectivity index (χ3v) is 6.12. The Balaban J connectivity index is 1.53. The molecule has 9 heteroatoms. The summed E-state index contributed by atoms with van der Waals surface area (Å²) >= 11 is 0. The van der Waals surface area contributed by atoms with Crippen LogP contribution in [0.15, 0.2) is 29.2 Å². The summed E-state index contributed by atoms with van der Waals surface area (Å²) in [4.78, 5) is 25.5. The van der Waals surface area contributed by atoms with Gasteiger partial charge in [0.1, 0.15) is 11.4 Å². The van der Waals surface area contributed by atoms with E-state index < -0.39 is 27.4 Å². The lowest BCUT2D eigenvalue weighted by Crippen LogP contribution is -2.44. The Morgan fingerprint density at radius 2 is 1.96 bits per heavy atom. The highest BCUT2D eigenvalue weighted by molar-refractivity contribution is 7.89. The van der Waals surface area contributed by atoms with E-state index in [-0.39, 0.29) is 30.3 Å². The normalized spacial score (nSPS) is 19.6. The number of carbonyl (C=O) groups excluding carboxylic acids is 2. The lowest BCUT2D eigenvalue weighted by atomic mass is 9.98. The van der Waals surface area contributed by atoms with Gasteiger partial charge in [0.2, 0.25) is 10.0 Å². The number of amides is 3. The first-order valence-electron chi connectivity index (χ1n) is 8.23. The number of benzene rings is 1. The van der Waals surface area contributed by atoms with Crippen molar-refractivity contribution in [3.63, 3.8) is 0 Å². The number of sulfonamides is 1. The molecule has 1 aliphatic carbocycles. The van der Waals surface area contributed by atoms with Gasteiger partial charge in [0.25, 0.3) is 5.91 Å². The van der Waals surface area contributed by atoms with Crippen molar-refractivity contribution in [1.29, 1.82) is 0 Å². The van der Waals surface area contributed by atoms with Gasteiger partial charge in [-0.3, -0.25) is 9.69 Å². The average Bonchev–Trinajstić information content (AvgIpc) is 3.11. The van der Waals surface area contributed by atoms with Crippen LogP contribution in [0.1, 0.15) is 32.1 Å². The summed E-state index contributed by atoms with van der Waals surface area (Å²) < 4.78 is 39.6. The molecule has 1 saturated carbocycles. The number of hydrogen-bond donors (Lipinski definition) is 2. The molecule has 3 amide bonds. The highest BCUT2D eigenvalue weighted by atomic mass is 32.2. The van der Waals surface area contributed by atoms with Crippen molar-refractivity contribution in [2.24, 2.45) is 0 Å². The minimum Gasteiger partial charge on any atom is -0.323 e. The summed E-state index contributed by atoms with van der Waals surface area (Å²) in [5, 5.41) is 2.78. The Morgan fingerprint density at radius 1 is 1.24 bits per heavy atom. The van der Waals surface area contributed by atoms with Crippen LogP contribution < -0.4 is 10.0 Å². The van der Waals surface area contributed by atoms with Crippen molar-refractivity contribution >= 4 is 22.0 Å². The third-order valence-electron chi connectivity index (χ3n) is 4.66. The van der Waals surface area contributed by atoms with Crippen molar-refractivity contribution in [2.45, 2.75) is 42.5 Å². The van der Waals surface area contributed by atoms with Gasteiger partial charge in [0.15, 0.2) is 0 Å². The molecule has 0 radical (unpaired) electrons. The molecule has 1 aromatic carbocycles. The number of imide groups is 1. The SMILES string of the molecule is O=C1NC2(CCCC2)C(=O)N1CCCNS(=O)(=O)c1cccc(F)c1. The molecule has 1 heterocycles. The predicted molar refractivity (Wildman–Crippen MR) is 87.6 cm³/mol. The van der Waals surface area contributed by atoms with E-state index in [2.05, 4.69) is 10.0 Å². The first kappa shape index (κ1) is 17.8. The molecule has 0 atom stereocenters. The highest BCUT2D eigenvalue weighted by Crippen LogP contribution is 2.34. The molecule has 25 heavy (non-hydrogen) atoms. The second-order valence-electron chi connectivity index (χ2n) is 6.38. The van der Waals surface area contributed by atoms with Gasteiger partial charge in [-0.05, 0) is 37.5 Å². The Hall–Kier alpha value is -2.00. The minimum absolute atomic E-state index is 0.0446. The summed E-state index contributed by atoms with van der Waals surface area (Å²) in [5.41, 5.74) is -0.752. The molecule has 2 N–H and O–H groups in total. The van der Waals surface area contributed by atoms with E-state index in [0.717, 1.165) is 29.9 Å². The minimum atomic E-state index is -3.82. The Kier molecular flexibility index (Phi) is 4.79. The van der Waals surface area contributed by atoms with Crippen LogP contribution in [0.4, 0.5) is 9.18 Å². The molecular formula is C16H20FN3O4S. The van der Waals surface area contributed by atoms with Crippen molar-refractivity contribution in [3.05, 3.63) is 30.1 Å². The second-order valence-corrected chi connectivity index (χ2v) is 8.15.